The van der Waals surface area contributed by atoms with E-state index in [2.05, 4.69) is 19.2 Å². The van der Waals surface area contributed by atoms with Gasteiger partial charge in [0.2, 0.25) is 0 Å². The maximum atomic E-state index is 12.3. The molecule has 1 fully saturated rings. The number of amides is 1. The van der Waals surface area contributed by atoms with Crippen molar-refractivity contribution in [1.29, 1.82) is 0 Å². The first-order valence-electron chi connectivity index (χ1n) is 7.02. The molecule has 1 N–H and O–H groups in total. The number of carbonyl (C=O) groups excluding carboxylic acids is 1. The molecule has 1 aromatic rings. The molecule has 4 nitrogen and oxygen atoms in total. The first-order valence-corrected chi connectivity index (χ1v) is 10.2. The fourth-order valence-electron chi connectivity index (χ4n) is 3.14. The maximum absolute atomic E-state index is 12.3. The zero-order chi connectivity index (χ0) is 15.8. The van der Waals surface area contributed by atoms with Crippen molar-refractivity contribution in [2.24, 2.45) is 11.8 Å². The van der Waals surface area contributed by atoms with Gasteiger partial charge in [0.25, 0.3) is 15.0 Å². The highest BCUT2D eigenvalue weighted by molar-refractivity contribution is 8.13. The van der Waals surface area contributed by atoms with Crippen molar-refractivity contribution in [2.75, 3.05) is 0 Å². The second-order valence-electron chi connectivity index (χ2n) is 6.06. The van der Waals surface area contributed by atoms with Gasteiger partial charge in [0.05, 0.1) is 9.77 Å². The van der Waals surface area contributed by atoms with Crippen molar-refractivity contribution in [1.82, 2.24) is 5.32 Å². The Kier molecular flexibility index (Phi) is 5.00. The van der Waals surface area contributed by atoms with Crippen molar-refractivity contribution < 1.29 is 13.2 Å². The lowest BCUT2D eigenvalue weighted by Gasteiger charge is -2.31. The zero-order valence-corrected chi connectivity index (χ0v) is 14.7. The number of halogens is 1. The summed E-state index contributed by atoms with van der Waals surface area (Å²) in [5.41, 5.74) is 0. The third-order valence-corrected chi connectivity index (χ3v) is 6.50. The summed E-state index contributed by atoms with van der Waals surface area (Å²) in [4.78, 5) is 13.3. The van der Waals surface area contributed by atoms with E-state index in [-0.39, 0.29) is 16.8 Å². The third-order valence-electron chi connectivity index (χ3n) is 3.87. The van der Waals surface area contributed by atoms with Crippen LogP contribution in [0, 0.1) is 18.8 Å². The Balaban J connectivity index is 2.11. The lowest BCUT2D eigenvalue weighted by Crippen LogP contribution is -2.39. The minimum absolute atomic E-state index is 0.0321. The van der Waals surface area contributed by atoms with Crippen LogP contribution in [0.5, 0.6) is 0 Å². The SMILES string of the molecule is Cc1sc(C(=O)NC2CC(C)CC(C)C2)cc1S(=O)(=O)Cl. The van der Waals surface area contributed by atoms with Gasteiger partial charge in [0, 0.05) is 21.6 Å². The van der Waals surface area contributed by atoms with Crippen LogP contribution in [0.15, 0.2) is 11.0 Å². The Hall–Kier alpha value is -0.590. The fourth-order valence-corrected chi connectivity index (χ4v) is 5.71. The topological polar surface area (TPSA) is 63.2 Å². The maximum Gasteiger partial charge on any atom is 0.262 e. The number of nitrogens with one attached hydrogen (secondary N) is 1. The number of aryl methyl sites for hydroxylation is 1. The van der Waals surface area contributed by atoms with E-state index >= 15 is 0 Å². The first-order chi connectivity index (χ1) is 9.66. The van der Waals surface area contributed by atoms with E-state index in [4.69, 9.17) is 10.7 Å². The van der Waals surface area contributed by atoms with Crippen molar-refractivity contribution >= 4 is 37.0 Å². The molecule has 21 heavy (non-hydrogen) atoms. The normalized spacial score (nSPS) is 26.6. The van der Waals surface area contributed by atoms with Gasteiger partial charge in [-0.05, 0) is 44.1 Å². The van der Waals surface area contributed by atoms with E-state index < -0.39 is 9.05 Å². The monoisotopic (exact) mass is 349 g/mol. The number of rotatable bonds is 3. The van der Waals surface area contributed by atoms with Gasteiger partial charge in [0.1, 0.15) is 0 Å². The van der Waals surface area contributed by atoms with Crippen molar-refractivity contribution in [3.8, 4) is 0 Å². The average molecular weight is 350 g/mol. The van der Waals surface area contributed by atoms with Gasteiger partial charge in [-0.15, -0.1) is 11.3 Å². The number of carbonyl (C=O) groups is 1. The van der Waals surface area contributed by atoms with Crippen LogP contribution in [0.4, 0.5) is 0 Å². The van der Waals surface area contributed by atoms with Crippen molar-refractivity contribution in [2.45, 2.75) is 51.0 Å². The van der Waals surface area contributed by atoms with Gasteiger partial charge in [-0.25, -0.2) is 8.42 Å². The standard InChI is InChI=1S/C14H20ClNO3S2/c1-8-4-9(2)6-11(5-8)16-14(17)12-7-13(10(3)20-12)21(15,18)19/h7-9,11H,4-6H2,1-3H3,(H,16,17). The highest BCUT2D eigenvalue weighted by Crippen LogP contribution is 2.30. The van der Waals surface area contributed by atoms with Crippen LogP contribution >= 0.6 is 22.0 Å². The summed E-state index contributed by atoms with van der Waals surface area (Å²) in [7, 11) is 1.56. The summed E-state index contributed by atoms with van der Waals surface area (Å²) in [6, 6.07) is 1.53. The molecule has 1 saturated carbocycles. The molecule has 1 amide bonds. The third kappa shape index (κ3) is 4.20. The van der Waals surface area contributed by atoms with E-state index in [9.17, 15) is 13.2 Å². The summed E-state index contributed by atoms with van der Waals surface area (Å²) >= 11 is 1.16. The van der Waals surface area contributed by atoms with Gasteiger partial charge in [-0.1, -0.05) is 13.8 Å². The van der Waals surface area contributed by atoms with Crippen LogP contribution in [0.1, 0.15) is 47.7 Å². The van der Waals surface area contributed by atoms with Crippen LogP contribution in [0.25, 0.3) is 0 Å². The minimum atomic E-state index is -3.79. The van der Waals surface area contributed by atoms with Crippen LogP contribution in [0.3, 0.4) is 0 Å². The summed E-state index contributed by atoms with van der Waals surface area (Å²) in [5, 5.41) is 3.02. The molecular formula is C14H20ClNO3S2. The Morgan fingerprint density at radius 2 is 1.86 bits per heavy atom. The molecule has 0 aliphatic heterocycles. The second kappa shape index (κ2) is 6.26. The number of hydrogen-bond donors (Lipinski definition) is 1. The summed E-state index contributed by atoms with van der Waals surface area (Å²) in [6.07, 6.45) is 3.14. The summed E-state index contributed by atoms with van der Waals surface area (Å²) in [6.45, 7) is 6.05. The quantitative estimate of drug-likeness (QED) is 0.849. The molecule has 7 heteroatoms. The predicted molar refractivity (Wildman–Crippen MR) is 85.5 cm³/mol. The molecule has 1 aliphatic carbocycles. The lowest BCUT2D eigenvalue weighted by molar-refractivity contribution is 0.0915. The Bertz CT molecular complexity index is 629. The van der Waals surface area contributed by atoms with Gasteiger partial charge in [-0.2, -0.15) is 0 Å². The fraction of sp³-hybridized carbons (Fsp3) is 0.643. The molecule has 1 aromatic heterocycles. The molecule has 2 atom stereocenters. The minimum Gasteiger partial charge on any atom is -0.349 e. The molecule has 0 aromatic carbocycles. The van der Waals surface area contributed by atoms with E-state index in [1.54, 1.807) is 6.92 Å². The highest BCUT2D eigenvalue weighted by atomic mass is 35.7. The molecule has 2 unspecified atom stereocenters. The van der Waals surface area contributed by atoms with Crippen LogP contribution < -0.4 is 5.32 Å². The number of hydrogen-bond acceptors (Lipinski definition) is 4. The van der Waals surface area contributed by atoms with Crippen molar-refractivity contribution in [3.05, 3.63) is 15.8 Å². The van der Waals surface area contributed by atoms with Gasteiger partial charge >= 0.3 is 0 Å². The largest absolute Gasteiger partial charge is 0.349 e. The number of thiophene rings is 1. The highest BCUT2D eigenvalue weighted by Gasteiger charge is 2.27. The van der Waals surface area contributed by atoms with E-state index in [0.29, 0.717) is 21.6 Å². The molecular weight excluding hydrogens is 330 g/mol. The van der Waals surface area contributed by atoms with E-state index in [0.717, 1.165) is 24.2 Å². The van der Waals surface area contributed by atoms with Gasteiger partial charge in [-0.3, -0.25) is 4.79 Å². The van der Waals surface area contributed by atoms with E-state index in [1.807, 2.05) is 0 Å². The Morgan fingerprint density at radius 1 is 1.29 bits per heavy atom. The first kappa shape index (κ1) is 16.8. The molecule has 0 spiro atoms. The van der Waals surface area contributed by atoms with E-state index in [1.165, 1.54) is 12.5 Å². The predicted octanol–water partition coefficient (Wildman–Crippen LogP) is 3.54. The average Bonchev–Trinajstić information content (AvgIpc) is 2.69. The molecule has 0 saturated heterocycles. The smallest absolute Gasteiger partial charge is 0.262 e. The molecule has 1 heterocycles. The van der Waals surface area contributed by atoms with Crippen molar-refractivity contribution in [3.63, 3.8) is 0 Å². The Morgan fingerprint density at radius 3 is 2.33 bits per heavy atom. The summed E-state index contributed by atoms with van der Waals surface area (Å²) < 4.78 is 22.8. The van der Waals surface area contributed by atoms with Crippen LogP contribution in [-0.2, 0) is 9.05 Å². The molecule has 0 radical (unpaired) electrons. The molecule has 0 bridgehead atoms. The Labute approximate surface area is 134 Å². The lowest BCUT2D eigenvalue weighted by atomic mass is 9.80. The zero-order valence-electron chi connectivity index (χ0n) is 12.3. The van der Waals surface area contributed by atoms with Gasteiger partial charge in [0.15, 0.2) is 0 Å². The van der Waals surface area contributed by atoms with Gasteiger partial charge < -0.3 is 5.32 Å². The van der Waals surface area contributed by atoms with Crippen LogP contribution in [0.2, 0.25) is 0 Å². The second-order valence-corrected chi connectivity index (χ2v) is 9.85. The van der Waals surface area contributed by atoms with Crippen LogP contribution in [-0.4, -0.2) is 20.4 Å². The molecule has 118 valence electrons. The molecule has 1 aliphatic rings. The molecule has 2 rings (SSSR count). The summed E-state index contributed by atoms with van der Waals surface area (Å²) in [5.74, 6) is 0.992.